The molecule has 96 valence electrons. The molecule has 0 aromatic carbocycles. The van der Waals surface area contributed by atoms with Gasteiger partial charge in [-0.05, 0) is 17.7 Å². The van der Waals surface area contributed by atoms with E-state index in [1.54, 1.807) is 11.1 Å². The second-order valence-corrected chi connectivity index (χ2v) is 5.64. The molecule has 6 heteroatoms. The Hall–Kier alpha value is -1.40. The Morgan fingerprint density at radius 1 is 1.67 bits per heavy atom. The zero-order chi connectivity index (χ0) is 13.1. The smallest absolute Gasteiger partial charge is 0.229 e. The third-order valence-corrected chi connectivity index (χ3v) is 3.73. The highest BCUT2D eigenvalue weighted by Gasteiger charge is 2.32. The van der Waals surface area contributed by atoms with Gasteiger partial charge in [-0.25, -0.2) is 4.98 Å². The average molecular weight is 265 g/mol. The van der Waals surface area contributed by atoms with Crippen molar-refractivity contribution in [1.82, 2.24) is 4.98 Å². The highest BCUT2D eigenvalue weighted by Crippen LogP contribution is 2.27. The number of pyridine rings is 1. The van der Waals surface area contributed by atoms with Gasteiger partial charge >= 0.3 is 0 Å². The molecule has 0 spiro atoms. The van der Waals surface area contributed by atoms with Crippen LogP contribution in [0.1, 0.15) is 18.9 Å². The Labute approximate surface area is 110 Å². The number of rotatable bonds is 3. The van der Waals surface area contributed by atoms with Crippen molar-refractivity contribution in [2.45, 2.75) is 25.1 Å². The largest absolute Gasteiger partial charge is 0.326 e. The van der Waals surface area contributed by atoms with Gasteiger partial charge in [0.05, 0.1) is 0 Å². The first-order chi connectivity index (χ1) is 8.60. The lowest BCUT2D eigenvalue weighted by molar-refractivity contribution is -0.117. The lowest BCUT2D eigenvalue weighted by Crippen LogP contribution is -2.26. The van der Waals surface area contributed by atoms with Gasteiger partial charge in [-0.3, -0.25) is 14.5 Å². The van der Waals surface area contributed by atoms with E-state index in [2.05, 4.69) is 4.98 Å². The lowest BCUT2D eigenvalue weighted by atomic mass is 10.2. The quantitative estimate of drug-likeness (QED) is 0.879. The zero-order valence-corrected chi connectivity index (χ0v) is 10.9. The number of nitrogens with zero attached hydrogens (tertiary/aromatic N) is 2. The molecule has 1 aromatic heterocycles. The average Bonchev–Trinajstić information content (AvgIpc) is 2.69. The van der Waals surface area contributed by atoms with Crippen LogP contribution in [0.5, 0.6) is 0 Å². The molecule has 1 unspecified atom stereocenters. The summed E-state index contributed by atoms with van der Waals surface area (Å²) in [4.78, 5) is 28.8. The van der Waals surface area contributed by atoms with Crippen molar-refractivity contribution in [3.63, 3.8) is 0 Å². The third kappa shape index (κ3) is 2.88. The number of carbonyl (C=O) groups excluding carboxylic acids is 2. The highest BCUT2D eigenvalue weighted by atomic mass is 32.2. The predicted molar refractivity (Wildman–Crippen MR) is 71.2 cm³/mol. The molecule has 0 bridgehead atoms. The molecule has 2 heterocycles. The minimum atomic E-state index is 0.00965. The number of amides is 1. The Morgan fingerprint density at radius 3 is 3.11 bits per heavy atom. The molecule has 1 saturated heterocycles. The number of hydrogen-bond acceptors (Lipinski definition) is 5. The van der Waals surface area contributed by atoms with Gasteiger partial charge in [-0.2, -0.15) is 0 Å². The molecule has 1 aliphatic heterocycles. The highest BCUT2D eigenvalue weighted by molar-refractivity contribution is 8.14. The van der Waals surface area contributed by atoms with Gasteiger partial charge in [0.15, 0.2) is 5.12 Å². The number of carbonyl (C=O) groups is 2. The van der Waals surface area contributed by atoms with E-state index in [0.717, 1.165) is 5.56 Å². The zero-order valence-electron chi connectivity index (χ0n) is 10.1. The second kappa shape index (κ2) is 5.49. The summed E-state index contributed by atoms with van der Waals surface area (Å²) in [5.74, 6) is 0.630. The van der Waals surface area contributed by atoms with Crippen LogP contribution < -0.4 is 10.6 Å². The maximum absolute atomic E-state index is 11.9. The topological polar surface area (TPSA) is 76.3 Å². The molecule has 0 radical (unpaired) electrons. The normalized spacial score (nSPS) is 19.3. The van der Waals surface area contributed by atoms with Crippen molar-refractivity contribution in [1.29, 1.82) is 0 Å². The molecule has 18 heavy (non-hydrogen) atoms. The minimum absolute atomic E-state index is 0.00965. The van der Waals surface area contributed by atoms with Gasteiger partial charge in [-0.1, -0.05) is 11.8 Å². The van der Waals surface area contributed by atoms with Gasteiger partial charge in [0.25, 0.3) is 0 Å². The Kier molecular flexibility index (Phi) is 3.98. The number of hydrogen-bond donors (Lipinski definition) is 1. The molecular weight excluding hydrogens is 250 g/mol. The molecule has 1 aliphatic rings. The standard InChI is InChI=1S/C12H15N3O2S/c1-8(16)18-10-5-12(17)15(7-10)11-4-9(6-13)2-3-14-11/h2-4,10H,5-7,13H2,1H3. The molecule has 1 amide bonds. The van der Waals surface area contributed by atoms with E-state index in [-0.39, 0.29) is 16.3 Å². The van der Waals surface area contributed by atoms with E-state index in [1.807, 2.05) is 12.1 Å². The van der Waals surface area contributed by atoms with Gasteiger partial charge < -0.3 is 5.73 Å². The van der Waals surface area contributed by atoms with E-state index in [1.165, 1.54) is 18.7 Å². The van der Waals surface area contributed by atoms with E-state index < -0.39 is 0 Å². The maximum atomic E-state index is 11.9. The fourth-order valence-electron chi connectivity index (χ4n) is 1.95. The molecule has 0 aliphatic carbocycles. The van der Waals surface area contributed by atoms with Crippen LogP contribution in [0.15, 0.2) is 18.3 Å². The van der Waals surface area contributed by atoms with E-state index >= 15 is 0 Å². The van der Waals surface area contributed by atoms with E-state index in [9.17, 15) is 9.59 Å². The van der Waals surface area contributed by atoms with E-state index in [0.29, 0.717) is 25.3 Å². The van der Waals surface area contributed by atoms with Crippen LogP contribution in [0.25, 0.3) is 0 Å². The molecule has 2 N–H and O–H groups in total. The van der Waals surface area contributed by atoms with Crippen molar-refractivity contribution in [2.24, 2.45) is 5.73 Å². The maximum Gasteiger partial charge on any atom is 0.229 e. The Bertz CT molecular complexity index is 478. The number of aromatic nitrogens is 1. The fraction of sp³-hybridized carbons (Fsp3) is 0.417. The van der Waals surface area contributed by atoms with Crippen LogP contribution in [-0.4, -0.2) is 27.8 Å². The Morgan fingerprint density at radius 2 is 2.44 bits per heavy atom. The minimum Gasteiger partial charge on any atom is -0.326 e. The first-order valence-electron chi connectivity index (χ1n) is 5.72. The first-order valence-corrected chi connectivity index (χ1v) is 6.60. The summed E-state index contributed by atoms with van der Waals surface area (Å²) in [6.07, 6.45) is 2.04. The molecular formula is C12H15N3O2S. The summed E-state index contributed by atoms with van der Waals surface area (Å²) in [7, 11) is 0. The molecule has 0 saturated carbocycles. The second-order valence-electron chi connectivity index (χ2n) is 4.17. The summed E-state index contributed by atoms with van der Waals surface area (Å²) >= 11 is 1.22. The lowest BCUT2D eigenvalue weighted by Gasteiger charge is -2.15. The fourth-order valence-corrected chi connectivity index (χ4v) is 2.86. The van der Waals surface area contributed by atoms with Crippen molar-refractivity contribution in [3.05, 3.63) is 23.9 Å². The van der Waals surface area contributed by atoms with E-state index in [4.69, 9.17) is 5.73 Å². The molecule has 1 atom stereocenters. The number of anilines is 1. The van der Waals surface area contributed by atoms with Gasteiger partial charge in [0.1, 0.15) is 5.82 Å². The molecule has 1 aromatic rings. The van der Waals surface area contributed by atoms with Gasteiger partial charge in [0.2, 0.25) is 5.91 Å². The number of nitrogens with two attached hydrogens (primary N) is 1. The van der Waals surface area contributed by atoms with Crippen LogP contribution in [0.2, 0.25) is 0 Å². The first kappa shape index (κ1) is 13.0. The van der Waals surface area contributed by atoms with Crippen molar-refractivity contribution in [3.8, 4) is 0 Å². The third-order valence-electron chi connectivity index (χ3n) is 2.74. The van der Waals surface area contributed by atoms with Crippen LogP contribution in [0.4, 0.5) is 5.82 Å². The van der Waals surface area contributed by atoms with Gasteiger partial charge in [0, 0.05) is 37.9 Å². The summed E-state index contributed by atoms with van der Waals surface area (Å²) in [6, 6.07) is 3.64. The van der Waals surface area contributed by atoms with Crippen LogP contribution >= 0.6 is 11.8 Å². The molecule has 2 rings (SSSR count). The number of thioether (sulfide) groups is 1. The van der Waals surface area contributed by atoms with Gasteiger partial charge in [-0.15, -0.1) is 0 Å². The molecule has 5 nitrogen and oxygen atoms in total. The van der Waals surface area contributed by atoms with Crippen LogP contribution in [0, 0.1) is 0 Å². The predicted octanol–water partition coefficient (Wildman–Crippen LogP) is 0.925. The summed E-state index contributed by atoms with van der Waals surface area (Å²) < 4.78 is 0. The van der Waals surface area contributed by atoms with Crippen molar-refractivity contribution < 1.29 is 9.59 Å². The summed E-state index contributed by atoms with van der Waals surface area (Å²) in [5, 5.41) is 0.0663. The molecule has 1 fully saturated rings. The summed E-state index contributed by atoms with van der Waals surface area (Å²) in [5.41, 5.74) is 6.51. The van der Waals surface area contributed by atoms with Crippen LogP contribution in [0.3, 0.4) is 0 Å². The monoisotopic (exact) mass is 265 g/mol. The Balaban J connectivity index is 2.13. The summed E-state index contributed by atoms with van der Waals surface area (Å²) in [6.45, 7) is 2.47. The van der Waals surface area contributed by atoms with Crippen LogP contribution in [-0.2, 0) is 16.1 Å². The SMILES string of the molecule is CC(=O)SC1CC(=O)N(c2cc(CN)ccn2)C1. The van der Waals surface area contributed by atoms with Crippen molar-refractivity contribution in [2.75, 3.05) is 11.4 Å². The van der Waals surface area contributed by atoms with Crippen molar-refractivity contribution >= 4 is 28.6 Å².